The van der Waals surface area contributed by atoms with Crippen LogP contribution in [0.15, 0.2) is 23.2 Å². The van der Waals surface area contributed by atoms with E-state index in [1.54, 1.807) is 27.7 Å². The number of nitrogens with two attached hydrogens (primary N) is 1. The molecular formula is C24H36FN3O5SSi. The zero-order valence-corrected chi connectivity index (χ0v) is 23.3. The van der Waals surface area contributed by atoms with Crippen molar-refractivity contribution in [3.05, 3.63) is 29.6 Å². The van der Waals surface area contributed by atoms with E-state index >= 15 is 0 Å². The average molecular weight is 526 g/mol. The fourth-order valence-corrected chi connectivity index (χ4v) is 6.35. The van der Waals surface area contributed by atoms with Gasteiger partial charge in [0, 0.05) is 31.8 Å². The van der Waals surface area contributed by atoms with Crippen molar-refractivity contribution in [2.45, 2.75) is 75.7 Å². The van der Waals surface area contributed by atoms with E-state index < -0.39 is 47.8 Å². The summed E-state index contributed by atoms with van der Waals surface area (Å²) in [4.78, 5) is 31.6. The van der Waals surface area contributed by atoms with Crippen LogP contribution in [-0.4, -0.2) is 59.0 Å². The van der Waals surface area contributed by atoms with Gasteiger partial charge in [-0.05, 0) is 58.4 Å². The van der Waals surface area contributed by atoms with Crippen LogP contribution in [0, 0.1) is 11.7 Å². The van der Waals surface area contributed by atoms with Crippen LogP contribution in [0.2, 0.25) is 25.7 Å². The standard InChI is InChI=1S/C24H36FN3O5SSi/c1-22(2,3)33-21(31)28(14-32-10-11-35(5,6)7)20-27-23(4,16-12-15(26)8-9-17(16)25)18-13-24(18,34-20)19(29)30/h8-9,12,18H,10-11,13-14,26H2,1-7H3,(H,29,30). The minimum absolute atomic E-state index is 0.132. The van der Waals surface area contributed by atoms with Gasteiger partial charge in [0.05, 0.1) is 5.54 Å². The van der Waals surface area contributed by atoms with E-state index in [0.29, 0.717) is 12.3 Å². The number of carboxylic acids is 1. The van der Waals surface area contributed by atoms with Gasteiger partial charge in [-0.2, -0.15) is 0 Å². The second-order valence-corrected chi connectivity index (χ2v) is 18.5. The quantitative estimate of drug-likeness (QED) is 0.220. The van der Waals surface area contributed by atoms with E-state index in [4.69, 9.17) is 20.2 Å². The summed E-state index contributed by atoms with van der Waals surface area (Å²) in [5.74, 6) is -2.02. The number of carbonyl (C=O) groups is 2. The van der Waals surface area contributed by atoms with Crippen molar-refractivity contribution in [3.63, 3.8) is 0 Å². The normalized spacial score (nSPS) is 25.9. The largest absolute Gasteiger partial charge is 0.480 e. The van der Waals surface area contributed by atoms with Gasteiger partial charge < -0.3 is 20.3 Å². The number of nitrogen functional groups attached to an aromatic ring is 1. The molecule has 2 aliphatic rings. The lowest BCUT2D eigenvalue weighted by Gasteiger charge is -2.37. The first-order chi connectivity index (χ1) is 16.0. The zero-order valence-electron chi connectivity index (χ0n) is 21.5. The maximum atomic E-state index is 15.0. The van der Waals surface area contributed by atoms with E-state index in [1.165, 1.54) is 23.1 Å². The number of benzene rings is 1. The third-order valence-corrected chi connectivity index (χ3v) is 9.34. The molecule has 1 amide bonds. The molecule has 35 heavy (non-hydrogen) atoms. The molecular weight excluding hydrogens is 489 g/mol. The minimum Gasteiger partial charge on any atom is -0.480 e. The molecule has 1 heterocycles. The lowest BCUT2D eigenvalue weighted by atomic mass is 9.85. The predicted molar refractivity (Wildman–Crippen MR) is 139 cm³/mol. The number of amidine groups is 1. The van der Waals surface area contributed by atoms with Crippen molar-refractivity contribution in [1.82, 2.24) is 4.90 Å². The van der Waals surface area contributed by atoms with E-state index in [-0.39, 0.29) is 23.9 Å². The van der Waals surface area contributed by atoms with E-state index in [2.05, 4.69) is 19.6 Å². The Hall–Kier alpha value is -2.11. The number of hydrogen-bond acceptors (Lipinski definition) is 7. The van der Waals surface area contributed by atoms with Crippen LogP contribution >= 0.6 is 11.8 Å². The SMILES string of the molecule is CC(C)(C)OC(=O)N(COCC[Si](C)(C)C)C1=NC(C)(c2cc(N)ccc2F)C2CC2(C(=O)O)S1. The molecule has 0 aromatic heterocycles. The van der Waals surface area contributed by atoms with Crippen LogP contribution in [0.5, 0.6) is 0 Å². The van der Waals surface area contributed by atoms with Gasteiger partial charge in [-0.15, -0.1) is 0 Å². The molecule has 0 saturated heterocycles. The maximum Gasteiger partial charge on any atom is 0.418 e. The fourth-order valence-electron chi connectivity index (χ4n) is 4.08. The Morgan fingerprint density at radius 1 is 1.34 bits per heavy atom. The number of halogens is 1. The Kier molecular flexibility index (Phi) is 7.38. The average Bonchev–Trinajstić information content (AvgIpc) is 3.45. The number of carbonyl (C=O) groups excluding carboxylic acids is 1. The number of fused-ring (bicyclic) bond motifs is 1. The van der Waals surface area contributed by atoms with Gasteiger partial charge in [-0.25, -0.2) is 14.1 Å². The first-order valence-corrected chi connectivity index (χ1v) is 16.2. The molecule has 3 rings (SSSR count). The minimum atomic E-state index is -1.37. The molecule has 0 radical (unpaired) electrons. The molecule has 0 spiro atoms. The van der Waals surface area contributed by atoms with Crippen molar-refractivity contribution >= 4 is 42.8 Å². The topological polar surface area (TPSA) is 114 Å². The molecule has 8 nitrogen and oxygen atoms in total. The first kappa shape index (κ1) is 27.5. The van der Waals surface area contributed by atoms with Gasteiger partial charge in [0.15, 0.2) is 5.17 Å². The van der Waals surface area contributed by atoms with Gasteiger partial charge in [-0.3, -0.25) is 9.79 Å². The highest BCUT2D eigenvalue weighted by Crippen LogP contribution is 2.66. The number of amides is 1. The molecule has 1 aliphatic heterocycles. The summed E-state index contributed by atoms with van der Waals surface area (Å²) in [6, 6.07) is 5.08. The van der Waals surface area contributed by atoms with Crippen LogP contribution in [0.3, 0.4) is 0 Å². The van der Waals surface area contributed by atoms with Crippen molar-refractivity contribution in [1.29, 1.82) is 0 Å². The van der Waals surface area contributed by atoms with E-state index in [9.17, 15) is 19.1 Å². The second-order valence-electron chi connectivity index (χ2n) is 11.6. The Labute approximate surface area is 211 Å². The van der Waals surface area contributed by atoms with Crippen LogP contribution in [0.25, 0.3) is 0 Å². The van der Waals surface area contributed by atoms with E-state index in [1.807, 2.05) is 0 Å². The number of carboxylic acid groups (broad SMARTS) is 1. The van der Waals surface area contributed by atoms with Gasteiger partial charge >= 0.3 is 12.1 Å². The van der Waals surface area contributed by atoms with Crippen LogP contribution in [0.4, 0.5) is 14.9 Å². The summed E-state index contributed by atoms with van der Waals surface area (Å²) in [5, 5.41) is 10.2. The van der Waals surface area contributed by atoms with Gasteiger partial charge in [-0.1, -0.05) is 31.4 Å². The van der Waals surface area contributed by atoms with Crippen molar-refractivity contribution in [2.24, 2.45) is 10.9 Å². The van der Waals surface area contributed by atoms with Crippen molar-refractivity contribution in [3.8, 4) is 0 Å². The summed E-state index contributed by atoms with van der Waals surface area (Å²) < 4.78 is 25.2. The maximum absolute atomic E-state index is 15.0. The number of aliphatic imine (C=N–C) groups is 1. The third kappa shape index (κ3) is 6.00. The monoisotopic (exact) mass is 525 g/mol. The number of thioether (sulfide) groups is 1. The predicted octanol–water partition coefficient (Wildman–Crippen LogP) is 5.12. The number of rotatable bonds is 7. The Balaban J connectivity index is 2.03. The van der Waals surface area contributed by atoms with Crippen molar-refractivity contribution in [2.75, 3.05) is 19.1 Å². The molecule has 3 unspecified atom stereocenters. The van der Waals surface area contributed by atoms with Crippen LogP contribution < -0.4 is 5.73 Å². The van der Waals surface area contributed by atoms with Gasteiger partial charge in [0.1, 0.15) is 22.9 Å². The molecule has 0 bridgehead atoms. The van der Waals surface area contributed by atoms with Crippen molar-refractivity contribution < 1.29 is 28.6 Å². The number of anilines is 1. The smallest absolute Gasteiger partial charge is 0.418 e. The van der Waals surface area contributed by atoms with Gasteiger partial charge in [0.25, 0.3) is 0 Å². The fraction of sp³-hybridized carbons (Fsp3) is 0.625. The summed E-state index contributed by atoms with van der Waals surface area (Å²) >= 11 is 1.000. The highest BCUT2D eigenvalue weighted by Gasteiger charge is 2.72. The highest BCUT2D eigenvalue weighted by atomic mass is 32.2. The lowest BCUT2D eigenvalue weighted by molar-refractivity contribution is -0.137. The molecule has 1 aliphatic carbocycles. The number of aliphatic carboxylic acids is 1. The Morgan fingerprint density at radius 3 is 2.57 bits per heavy atom. The highest BCUT2D eigenvalue weighted by molar-refractivity contribution is 8.15. The summed E-state index contributed by atoms with van der Waals surface area (Å²) in [7, 11) is -1.37. The van der Waals surface area contributed by atoms with Crippen LogP contribution in [-0.2, 0) is 19.8 Å². The van der Waals surface area contributed by atoms with Crippen LogP contribution in [0.1, 0.15) is 39.7 Å². The molecule has 1 aromatic rings. The van der Waals surface area contributed by atoms with E-state index in [0.717, 1.165) is 17.8 Å². The lowest BCUT2D eigenvalue weighted by Crippen LogP contribution is -2.47. The van der Waals surface area contributed by atoms with Gasteiger partial charge in [0.2, 0.25) is 0 Å². The molecule has 11 heteroatoms. The third-order valence-electron chi connectivity index (χ3n) is 6.15. The molecule has 1 fully saturated rings. The Bertz CT molecular complexity index is 1040. The number of nitrogens with zero attached hydrogens (tertiary/aromatic N) is 2. The summed E-state index contributed by atoms with van der Waals surface area (Å²) in [6.45, 7) is 13.9. The zero-order chi connectivity index (χ0) is 26.4. The summed E-state index contributed by atoms with van der Waals surface area (Å²) in [6.07, 6.45) is -0.421. The second kappa shape index (κ2) is 9.40. The molecule has 1 saturated carbocycles. The molecule has 3 N–H and O–H groups in total. The Morgan fingerprint density at radius 2 is 2.00 bits per heavy atom. The molecule has 194 valence electrons. The molecule has 3 atom stereocenters. The number of ether oxygens (including phenoxy) is 2. The first-order valence-electron chi connectivity index (χ1n) is 11.6. The molecule has 1 aromatic carbocycles. The number of hydrogen-bond donors (Lipinski definition) is 2. The summed E-state index contributed by atoms with van der Waals surface area (Å²) in [5.41, 5.74) is 4.45.